The zero-order chi connectivity index (χ0) is 15.7. The molecule has 0 fully saturated rings. The van der Waals surface area contributed by atoms with E-state index in [2.05, 4.69) is 0 Å². The number of aldehydes is 1. The summed E-state index contributed by atoms with van der Waals surface area (Å²) in [4.78, 5) is 11.4. The Morgan fingerprint density at radius 2 is 1.77 bits per heavy atom. The summed E-state index contributed by atoms with van der Waals surface area (Å²) in [6.45, 7) is 0. The molecule has 0 saturated carbocycles. The molecule has 0 aliphatic carbocycles. The third-order valence-corrected chi connectivity index (χ3v) is 5.15. The van der Waals surface area contributed by atoms with Crippen LogP contribution in [-0.2, 0) is 10.0 Å². The molecule has 0 unspecified atom stereocenters. The molecule has 6 heteroatoms. The molecule has 3 aromatic rings. The Kier molecular flexibility index (Phi) is 3.46. The van der Waals surface area contributed by atoms with Crippen LogP contribution in [-0.4, -0.2) is 25.8 Å². The minimum atomic E-state index is -3.86. The van der Waals surface area contributed by atoms with Gasteiger partial charge in [-0.2, -0.15) is 0 Å². The van der Waals surface area contributed by atoms with Crippen molar-refractivity contribution >= 4 is 27.2 Å². The zero-order valence-electron chi connectivity index (χ0n) is 11.8. The highest BCUT2D eigenvalue weighted by molar-refractivity contribution is 7.90. The highest BCUT2D eigenvalue weighted by atomic mass is 32.2. The largest absolute Gasteiger partial charge is 0.497 e. The molecule has 0 N–H and O–H groups in total. The first-order valence-corrected chi connectivity index (χ1v) is 7.97. The van der Waals surface area contributed by atoms with Crippen molar-refractivity contribution in [2.75, 3.05) is 7.11 Å². The topological polar surface area (TPSA) is 65.4 Å². The van der Waals surface area contributed by atoms with Crippen molar-refractivity contribution in [3.8, 4) is 5.75 Å². The van der Waals surface area contributed by atoms with Crippen LogP contribution in [0.25, 0.3) is 10.9 Å². The predicted octanol–water partition coefficient (Wildman–Crippen LogP) is 2.70. The first kappa shape index (κ1) is 14.3. The van der Waals surface area contributed by atoms with E-state index >= 15 is 0 Å². The molecule has 112 valence electrons. The molecule has 22 heavy (non-hydrogen) atoms. The smallest absolute Gasteiger partial charge is 0.268 e. The lowest BCUT2D eigenvalue weighted by Crippen LogP contribution is -2.15. The summed E-state index contributed by atoms with van der Waals surface area (Å²) in [6, 6.07) is 14.6. The van der Waals surface area contributed by atoms with Crippen molar-refractivity contribution in [3.63, 3.8) is 0 Å². The second-order valence-electron chi connectivity index (χ2n) is 4.69. The quantitative estimate of drug-likeness (QED) is 0.694. The van der Waals surface area contributed by atoms with Crippen LogP contribution in [0, 0.1) is 0 Å². The summed E-state index contributed by atoms with van der Waals surface area (Å²) in [5.41, 5.74) is 0.484. The Morgan fingerprint density at radius 3 is 2.41 bits per heavy atom. The van der Waals surface area contributed by atoms with Gasteiger partial charge in [-0.1, -0.05) is 18.2 Å². The van der Waals surface area contributed by atoms with Gasteiger partial charge in [0.25, 0.3) is 10.0 Å². The highest BCUT2D eigenvalue weighted by Crippen LogP contribution is 2.28. The number of carbonyl (C=O) groups is 1. The predicted molar refractivity (Wildman–Crippen MR) is 82.9 cm³/mol. The number of aromatic nitrogens is 1. The van der Waals surface area contributed by atoms with Gasteiger partial charge in [0.2, 0.25) is 0 Å². The molecule has 0 amide bonds. The van der Waals surface area contributed by atoms with E-state index < -0.39 is 10.0 Å². The Morgan fingerprint density at radius 1 is 1.05 bits per heavy atom. The van der Waals surface area contributed by atoms with E-state index in [4.69, 9.17) is 4.74 Å². The Labute approximate surface area is 127 Å². The van der Waals surface area contributed by atoms with E-state index in [0.29, 0.717) is 22.9 Å². The Balaban J connectivity index is 2.36. The van der Waals surface area contributed by atoms with Crippen molar-refractivity contribution in [1.29, 1.82) is 0 Å². The summed E-state index contributed by atoms with van der Waals surface area (Å²) < 4.78 is 31.9. The monoisotopic (exact) mass is 315 g/mol. The van der Waals surface area contributed by atoms with Crippen LogP contribution in [0.2, 0.25) is 0 Å². The first-order chi connectivity index (χ1) is 10.6. The van der Waals surface area contributed by atoms with Crippen LogP contribution in [0.1, 0.15) is 10.5 Å². The van der Waals surface area contributed by atoms with Crippen molar-refractivity contribution < 1.29 is 17.9 Å². The van der Waals surface area contributed by atoms with Crippen molar-refractivity contribution in [3.05, 3.63) is 60.3 Å². The van der Waals surface area contributed by atoms with E-state index in [9.17, 15) is 13.2 Å². The number of fused-ring (bicyclic) bond motifs is 1. The molecular formula is C16H13NO4S. The molecule has 0 saturated heterocycles. The molecule has 0 radical (unpaired) electrons. The van der Waals surface area contributed by atoms with Crippen LogP contribution in [0.3, 0.4) is 0 Å². The van der Waals surface area contributed by atoms with Crippen molar-refractivity contribution in [2.45, 2.75) is 4.90 Å². The lowest BCUT2D eigenvalue weighted by Gasteiger charge is -2.10. The summed E-state index contributed by atoms with van der Waals surface area (Å²) in [7, 11) is -2.36. The molecule has 0 atom stereocenters. The van der Waals surface area contributed by atoms with Gasteiger partial charge in [0, 0.05) is 11.5 Å². The van der Waals surface area contributed by atoms with Crippen LogP contribution in [0.5, 0.6) is 5.75 Å². The van der Waals surface area contributed by atoms with E-state index in [0.717, 1.165) is 3.97 Å². The second-order valence-corrected chi connectivity index (χ2v) is 6.48. The standard InChI is InChI=1S/C16H13NO4S/c1-21-14-8-7-12-9-13(11-18)17(16(12)10-14)22(19,20)15-5-3-2-4-6-15/h2-11H,1H3. The van der Waals surface area contributed by atoms with Gasteiger partial charge in [0.15, 0.2) is 6.29 Å². The average molecular weight is 315 g/mol. The maximum Gasteiger partial charge on any atom is 0.268 e. The Bertz CT molecular complexity index is 943. The molecule has 0 aliphatic rings. The third-order valence-electron chi connectivity index (χ3n) is 3.40. The Hall–Kier alpha value is -2.60. The number of benzene rings is 2. The lowest BCUT2D eigenvalue weighted by molar-refractivity contribution is 0.111. The van der Waals surface area contributed by atoms with Crippen molar-refractivity contribution in [2.24, 2.45) is 0 Å². The van der Waals surface area contributed by atoms with Crippen molar-refractivity contribution in [1.82, 2.24) is 3.97 Å². The van der Waals surface area contributed by atoms with Gasteiger partial charge in [-0.15, -0.1) is 0 Å². The zero-order valence-corrected chi connectivity index (χ0v) is 12.6. The van der Waals surface area contributed by atoms with Gasteiger partial charge in [-0.3, -0.25) is 4.79 Å². The minimum absolute atomic E-state index is 0.0760. The molecule has 0 spiro atoms. The summed E-state index contributed by atoms with van der Waals surface area (Å²) >= 11 is 0. The molecular weight excluding hydrogens is 302 g/mol. The number of ether oxygens (including phenoxy) is 1. The normalized spacial score (nSPS) is 11.5. The van der Waals surface area contributed by atoms with Gasteiger partial charge < -0.3 is 4.74 Å². The number of rotatable bonds is 4. The number of hydrogen-bond donors (Lipinski definition) is 0. The number of methoxy groups -OCH3 is 1. The molecule has 3 rings (SSSR count). The molecule has 2 aromatic carbocycles. The van der Waals surface area contributed by atoms with Gasteiger partial charge in [-0.05, 0) is 30.3 Å². The van der Waals surface area contributed by atoms with Gasteiger partial charge >= 0.3 is 0 Å². The maximum absolute atomic E-state index is 12.9. The summed E-state index contributed by atoms with van der Waals surface area (Å²) in [5.74, 6) is 0.521. The molecule has 0 bridgehead atoms. The van der Waals surface area contributed by atoms with Gasteiger partial charge in [0.1, 0.15) is 5.75 Å². The summed E-state index contributed by atoms with van der Waals surface area (Å²) in [5, 5.41) is 0.655. The molecule has 1 heterocycles. The average Bonchev–Trinajstić information content (AvgIpc) is 2.93. The fourth-order valence-corrected chi connectivity index (χ4v) is 3.86. The number of nitrogens with zero attached hydrogens (tertiary/aromatic N) is 1. The van der Waals surface area contributed by atoms with E-state index in [1.54, 1.807) is 42.5 Å². The van der Waals surface area contributed by atoms with Gasteiger partial charge in [-0.25, -0.2) is 12.4 Å². The number of carbonyl (C=O) groups excluding carboxylic acids is 1. The molecule has 0 aliphatic heterocycles. The van der Waals surface area contributed by atoms with Gasteiger partial charge in [0.05, 0.1) is 23.2 Å². The summed E-state index contributed by atoms with van der Waals surface area (Å²) in [6.07, 6.45) is 0.535. The van der Waals surface area contributed by atoms with Crippen LogP contribution in [0.4, 0.5) is 0 Å². The fraction of sp³-hybridized carbons (Fsp3) is 0.0625. The molecule has 5 nitrogen and oxygen atoms in total. The number of hydrogen-bond acceptors (Lipinski definition) is 4. The first-order valence-electron chi connectivity index (χ1n) is 6.53. The fourth-order valence-electron chi connectivity index (χ4n) is 2.35. The molecule has 1 aromatic heterocycles. The second kappa shape index (κ2) is 5.31. The van der Waals surface area contributed by atoms with E-state index in [1.165, 1.54) is 19.2 Å². The van der Waals surface area contributed by atoms with E-state index in [1.807, 2.05) is 0 Å². The van der Waals surface area contributed by atoms with E-state index in [-0.39, 0.29) is 10.6 Å². The maximum atomic E-state index is 12.9. The minimum Gasteiger partial charge on any atom is -0.497 e. The highest BCUT2D eigenvalue weighted by Gasteiger charge is 2.22. The lowest BCUT2D eigenvalue weighted by atomic mass is 10.2. The van der Waals surface area contributed by atoms with Crippen LogP contribution in [0.15, 0.2) is 59.5 Å². The van der Waals surface area contributed by atoms with Crippen LogP contribution >= 0.6 is 0 Å². The SMILES string of the molecule is COc1ccc2cc(C=O)n(S(=O)(=O)c3ccccc3)c2c1. The van der Waals surface area contributed by atoms with Crippen LogP contribution < -0.4 is 4.74 Å². The third kappa shape index (κ3) is 2.17.